The van der Waals surface area contributed by atoms with Crippen molar-refractivity contribution in [3.63, 3.8) is 0 Å². The Hall–Kier alpha value is -0.0800. The molecule has 2 heteroatoms. The van der Waals surface area contributed by atoms with E-state index in [0.717, 1.165) is 0 Å². The summed E-state index contributed by atoms with van der Waals surface area (Å²) in [4.78, 5) is 0. The quantitative estimate of drug-likeness (QED) is 0.281. The third kappa shape index (κ3) is 7.59. The van der Waals surface area contributed by atoms with Crippen LogP contribution in [-0.2, 0) is 0 Å². The second-order valence-corrected chi connectivity index (χ2v) is 8.90. The second-order valence-electron chi connectivity index (χ2n) is 8.90. The van der Waals surface area contributed by atoms with Crippen LogP contribution in [-0.4, -0.2) is 61.3 Å². The van der Waals surface area contributed by atoms with Gasteiger partial charge in [0, 0.05) is 25.7 Å². The molecule has 0 N–H and O–H groups in total. The van der Waals surface area contributed by atoms with Crippen LogP contribution < -0.4 is 0 Å². The van der Waals surface area contributed by atoms with E-state index >= 15 is 0 Å². The van der Waals surface area contributed by atoms with Gasteiger partial charge in [-0.05, 0) is 39.5 Å². The Kier molecular flexibility index (Phi) is 11.3. The van der Waals surface area contributed by atoms with Crippen molar-refractivity contribution in [1.82, 2.24) is 0 Å². The zero-order valence-corrected chi connectivity index (χ0v) is 17.0. The number of hydrogen-bond acceptors (Lipinski definition) is 0. The molecule has 0 unspecified atom stereocenters. The minimum Gasteiger partial charge on any atom is -0.324 e. The molecule has 2 saturated heterocycles. The van der Waals surface area contributed by atoms with Gasteiger partial charge in [-0.15, -0.1) is 0 Å². The van der Waals surface area contributed by atoms with Crippen molar-refractivity contribution in [2.24, 2.45) is 0 Å². The molecule has 0 aromatic rings. The van der Waals surface area contributed by atoms with Crippen LogP contribution in [0, 0.1) is 0 Å². The van der Waals surface area contributed by atoms with E-state index in [1.54, 1.807) is 0 Å². The molecular formula is C23H50N2+2. The first kappa shape index (κ1) is 23.0. The van der Waals surface area contributed by atoms with E-state index in [9.17, 15) is 0 Å². The summed E-state index contributed by atoms with van der Waals surface area (Å²) in [5.74, 6) is 0. The maximum atomic E-state index is 2.40. The van der Waals surface area contributed by atoms with Crippen molar-refractivity contribution >= 4 is 0 Å². The highest BCUT2D eigenvalue weighted by Crippen LogP contribution is 2.22. The third-order valence-corrected chi connectivity index (χ3v) is 7.39. The maximum Gasteiger partial charge on any atom is 0.0788 e. The Morgan fingerprint density at radius 2 is 0.760 bits per heavy atom. The van der Waals surface area contributed by atoms with Crippen LogP contribution in [0.15, 0.2) is 0 Å². The van der Waals surface area contributed by atoms with Gasteiger partial charge in [0.25, 0.3) is 0 Å². The summed E-state index contributed by atoms with van der Waals surface area (Å²) in [6.45, 7) is 16.3. The highest BCUT2D eigenvalue weighted by Gasteiger charge is 2.29. The summed E-state index contributed by atoms with van der Waals surface area (Å²) >= 11 is 0. The van der Waals surface area contributed by atoms with Gasteiger partial charge in [0.05, 0.1) is 52.4 Å². The Balaban J connectivity index is 0.00000312. The van der Waals surface area contributed by atoms with Crippen LogP contribution in [0.4, 0.5) is 0 Å². The van der Waals surface area contributed by atoms with E-state index in [4.69, 9.17) is 0 Å². The lowest BCUT2D eigenvalue weighted by molar-refractivity contribution is -0.915. The van der Waals surface area contributed by atoms with Crippen molar-refractivity contribution < 1.29 is 8.97 Å². The van der Waals surface area contributed by atoms with Crippen molar-refractivity contribution in [2.45, 2.75) is 98.3 Å². The molecule has 0 atom stereocenters. The minimum atomic E-state index is 0. The first-order chi connectivity index (χ1) is 11.7. The average Bonchev–Trinajstić information content (AvgIpc) is 3.27. The number of quaternary nitrogens is 2. The van der Waals surface area contributed by atoms with Gasteiger partial charge in [0.1, 0.15) is 0 Å². The van der Waals surface area contributed by atoms with Gasteiger partial charge in [-0.25, -0.2) is 0 Å². The lowest BCUT2D eigenvalue weighted by Gasteiger charge is -2.33. The Morgan fingerprint density at radius 3 is 1.04 bits per heavy atom. The fraction of sp³-hybridized carbons (Fsp3) is 1.00. The molecule has 2 aliphatic heterocycles. The average molecular weight is 355 g/mol. The lowest BCUT2D eigenvalue weighted by atomic mass is 10.1. The normalized spacial score (nSPS) is 21.4. The molecule has 2 aliphatic rings. The predicted molar refractivity (Wildman–Crippen MR) is 113 cm³/mol. The number of unbranched alkanes of at least 4 members (excludes halogenated alkanes) is 7. The summed E-state index contributed by atoms with van der Waals surface area (Å²) < 4.78 is 2.88. The topological polar surface area (TPSA) is 0 Å². The van der Waals surface area contributed by atoms with Crippen molar-refractivity contribution in [3.05, 3.63) is 0 Å². The lowest BCUT2D eigenvalue weighted by Crippen LogP contribution is -2.45. The summed E-state index contributed by atoms with van der Waals surface area (Å²) in [5.41, 5.74) is 0. The van der Waals surface area contributed by atoms with Crippen LogP contribution in [0.2, 0.25) is 0 Å². The fourth-order valence-corrected chi connectivity index (χ4v) is 5.36. The van der Waals surface area contributed by atoms with Crippen molar-refractivity contribution in [3.8, 4) is 0 Å². The Morgan fingerprint density at radius 1 is 0.480 bits per heavy atom. The minimum absolute atomic E-state index is 0. The first-order valence-electron chi connectivity index (χ1n) is 11.4. The van der Waals surface area contributed by atoms with Crippen LogP contribution in [0.1, 0.15) is 98.3 Å². The van der Waals surface area contributed by atoms with Gasteiger partial charge in [-0.1, -0.05) is 33.1 Å². The SMILES string of the molecule is C.CC[N+]1(CCCCCCCCCC[N+]2(CC)CCCC2)CCCC1. The molecule has 0 radical (unpaired) electrons. The monoisotopic (exact) mass is 354 g/mol. The van der Waals surface area contributed by atoms with Gasteiger partial charge in [-0.3, -0.25) is 0 Å². The van der Waals surface area contributed by atoms with E-state index < -0.39 is 0 Å². The van der Waals surface area contributed by atoms with Gasteiger partial charge >= 0.3 is 0 Å². The number of hydrogen-bond donors (Lipinski definition) is 0. The summed E-state index contributed by atoms with van der Waals surface area (Å²) in [6, 6.07) is 0. The fourth-order valence-electron chi connectivity index (χ4n) is 5.36. The zero-order chi connectivity index (χ0) is 17.1. The molecule has 0 amide bonds. The standard InChI is InChI=1S/C22H46N2.CH4/c1-3-23(19-13-14-20-23)17-11-9-7-5-6-8-10-12-18-24(4-2)21-15-16-22-24;/h3-22H2,1-2H3;1H4/q+2;. The van der Waals surface area contributed by atoms with Crippen LogP contribution >= 0.6 is 0 Å². The largest absolute Gasteiger partial charge is 0.324 e. The van der Waals surface area contributed by atoms with E-state index in [1.165, 1.54) is 138 Å². The molecule has 0 saturated carbocycles. The van der Waals surface area contributed by atoms with E-state index in [-0.39, 0.29) is 7.43 Å². The smallest absolute Gasteiger partial charge is 0.0788 e. The molecule has 2 nitrogen and oxygen atoms in total. The summed E-state index contributed by atoms with van der Waals surface area (Å²) in [7, 11) is 0. The number of rotatable bonds is 13. The van der Waals surface area contributed by atoms with Crippen molar-refractivity contribution in [2.75, 3.05) is 52.4 Å². The van der Waals surface area contributed by atoms with Crippen LogP contribution in [0.25, 0.3) is 0 Å². The summed E-state index contributed by atoms with van der Waals surface area (Å²) in [5, 5.41) is 0. The van der Waals surface area contributed by atoms with Gasteiger partial charge in [-0.2, -0.15) is 0 Å². The highest BCUT2D eigenvalue weighted by atomic mass is 15.4. The number of likely N-dealkylation sites (tertiary alicyclic amines) is 2. The molecule has 0 spiro atoms. The predicted octanol–water partition coefficient (Wildman–Crippen LogP) is 6.00. The third-order valence-electron chi connectivity index (χ3n) is 7.39. The molecule has 2 heterocycles. The number of nitrogens with zero attached hydrogens (tertiary/aromatic N) is 2. The van der Waals surface area contributed by atoms with Crippen LogP contribution in [0.3, 0.4) is 0 Å². The maximum absolute atomic E-state index is 2.40. The van der Waals surface area contributed by atoms with Gasteiger partial charge < -0.3 is 8.97 Å². The van der Waals surface area contributed by atoms with E-state index in [0.29, 0.717) is 0 Å². The van der Waals surface area contributed by atoms with E-state index in [1.807, 2.05) is 0 Å². The van der Waals surface area contributed by atoms with Gasteiger partial charge in [0.15, 0.2) is 0 Å². The molecule has 2 fully saturated rings. The molecule has 25 heavy (non-hydrogen) atoms. The van der Waals surface area contributed by atoms with E-state index in [2.05, 4.69) is 13.8 Å². The molecule has 0 aliphatic carbocycles. The van der Waals surface area contributed by atoms with Crippen LogP contribution in [0.5, 0.6) is 0 Å². The second kappa shape index (κ2) is 12.3. The molecule has 2 rings (SSSR count). The first-order valence-corrected chi connectivity index (χ1v) is 11.4. The molecule has 0 bridgehead atoms. The van der Waals surface area contributed by atoms with Crippen molar-refractivity contribution in [1.29, 1.82) is 0 Å². The molecule has 0 aromatic carbocycles. The Bertz CT molecular complexity index is 282. The zero-order valence-electron chi connectivity index (χ0n) is 17.0. The Labute approximate surface area is 160 Å². The molecule has 0 aromatic heterocycles. The highest BCUT2D eigenvalue weighted by molar-refractivity contribution is 4.56. The molecule has 150 valence electrons. The van der Waals surface area contributed by atoms with Gasteiger partial charge in [0.2, 0.25) is 0 Å². The summed E-state index contributed by atoms with van der Waals surface area (Å²) in [6.07, 6.45) is 17.8. The molecular weight excluding hydrogens is 304 g/mol.